The van der Waals surface area contributed by atoms with E-state index in [0.717, 1.165) is 25.4 Å². The fourth-order valence-electron chi connectivity index (χ4n) is 1.93. The quantitative estimate of drug-likeness (QED) is 0.710. The van der Waals surface area contributed by atoms with Gasteiger partial charge in [-0.25, -0.2) is 0 Å². The Labute approximate surface area is 98.1 Å². The van der Waals surface area contributed by atoms with E-state index in [1.54, 1.807) is 7.11 Å². The fraction of sp³-hybridized carbons (Fsp3) is 0.917. The predicted molar refractivity (Wildman–Crippen MR) is 64.3 cm³/mol. The molecule has 2 N–H and O–H groups in total. The molecule has 0 bridgehead atoms. The van der Waals surface area contributed by atoms with E-state index in [1.807, 2.05) is 6.92 Å². The first kappa shape index (κ1) is 13.5. The third-order valence-electron chi connectivity index (χ3n) is 3.23. The van der Waals surface area contributed by atoms with Crippen molar-refractivity contribution in [3.05, 3.63) is 0 Å². The summed E-state index contributed by atoms with van der Waals surface area (Å²) in [4.78, 5) is 11.5. The number of amides is 1. The van der Waals surface area contributed by atoms with Crippen molar-refractivity contribution < 1.29 is 9.53 Å². The lowest BCUT2D eigenvalue weighted by molar-refractivity contribution is -0.121. The van der Waals surface area contributed by atoms with E-state index in [4.69, 9.17) is 4.74 Å². The van der Waals surface area contributed by atoms with Crippen LogP contribution in [0, 0.1) is 5.92 Å². The van der Waals surface area contributed by atoms with E-state index in [-0.39, 0.29) is 12.0 Å². The smallest absolute Gasteiger partial charge is 0.220 e. The summed E-state index contributed by atoms with van der Waals surface area (Å²) in [5, 5.41) is 6.23. The van der Waals surface area contributed by atoms with Crippen molar-refractivity contribution in [2.75, 3.05) is 26.7 Å². The van der Waals surface area contributed by atoms with Gasteiger partial charge in [-0.2, -0.15) is 0 Å². The molecular weight excluding hydrogens is 204 g/mol. The van der Waals surface area contributed by atoms with Crippen molar-refractivity contribution in [1.29, 1.82) is 0 Å². The molecule has 0 aromatic rings. The fourth-order valence-corrected chi connectivity index (χ4v) is 1.93. The molecule has 1 fully saturated rings. The monoisotopic (exact) mass is 228 g/mol. The average molecular weight is 228 g/mol. The Balaban J connectivity index is 2.05. The van der Waals surface area contributed by atoms with Gasteiger partial charge < -0.3 is 15.4 Å². The van der Waals surface area contributed by atoms with Crippen LogP contribution in [0.3, 0.4) is 0 Å². The van der Waals surface area contributed by atoms with Crippen molar-refractivity contribution in [3.8, 4) is 0 Å². The number of ether oxygens (including phenoxy) is 1. The topological polar surface area (TPSA) is 50.4 Å². The van der Waals surface area contributed by atoms with Gasteiger partial charge in [-0.15, -0.1) is 0 Å². The Kier molecular flexibility index (Phi) is 6.42. The highest BCUT2D eigenvalue weighted by molar-refractivity contribution is 5.75. The first-order valence-corrected chi connectivity index (χ1v) is 6.22. The molecule has 1 unspecified atom stereocenters. The average Bonchev–Trinajstić information content (AvgIpc) is 2.34. The van der Waals surface area contributed by atoms with Crippen molar-refractivity contribution in [1.82, 2.24) is 10.6 Å². The summed E-state index contributed by atoms with van der Waals surface area (Å²) < 4.78 is 5.07. The molecule has 1 atom stereocenters. The minimum atomic E-state index is 0.0998. The van der Waals surface area contributed by atoms with Gasteiger partial charge in [0.25, 0.3) is 0 Å². The number of nitrogens with one attached hydrogen (secondary N) is 2. The van der Waals surface area contributed by atoms with Gasteiger partial charge >= 0.3 is 0 Å². The van der Waals surface area contributed by atoms with Crippen molar-refractivity contribution >= 4 is 5.91 Å². The third kappa shape index (κ3) is 5.47. The maximum Gasteiger partial charge on any atom is 0.220 e. The minimum Gasteiger partial charge on any atom is -0.380 e. The highest BCUT2D eigenvalue weighted by Gasteiger charge is 2.14. The molecule has 0 aromatic carbocycles. The molecule has 0 spiro atoms. The van der Waals surface area contributed by atoms with Crippen molar-refractivity contribution in [2.45, 2.75) is 38.7 Å². The minimum absolute atomic E-state index is 0.0998. The van der Waals surface area contributed by atoms with Crippen molar-refractivity contribution in [3.63, 3.8) is 0 Å². The number of hydrogen-bond acceptors (Lipinski definition) is 3. The van der Waals surface area contributed by atoms with Gasteiger partial charge in [0.2, 0.25) is 5.91 Å². The normalized spacial score (nSPS) is 19.4. The van der Waals surface area contributed by atoms with Crippen LogP contribution in [-0.2, 0) is 9.53 Å². The highest BCUT2D eigenvalue weighted by Crippen LogP contribution is 2.17. The molecule has 4 nitrogen and oxygen atoms in total. The first-order chi connectivity index (χ1) is 7.72. The molecule has 0 aromatic heterocycles. The lowest BCUT2D eigenvalue weighted by Crippen LogP contribution is -2.32. The number of carbonyl (C=O) groups excluding carboxylic acids is 1. The summed E-state index contributed by atoms with van der Waals surface area (Å²) in [6.45, 7) is 4.77. The largest absolute Gasteiger partial charge is 0.380 e. The van der Waals surface area contributed by atoms with Crippen LogP contribution in [-0.4, -0.2) is 38.8 Å². The van der Waals surface area contributed by atoms with E-state index >= 15 is 0 Å². The standard InChI is InChI=1S/C12H24N2O2/c1-10(16-2)9-14-12(15)4-3-11-5-7-13-8-6-11/h10-11,13H,3-9H2,1-2H3,(H,14,15). The van der Waals surface area contributed by atoms with Crippen LogP contribution in [0.5, 0.6) is 0 Å². The zero-order valence-corrected chi connectivity index (χ0v) is 10.4. The van der Waals surface area contributed by atoms with Gasteiger partial charge in [0.05, 0.1) is 6.10 Å². The summed E-state index contributed by atoms with van der Waals surface area (Å²) in [6, 6.07) is 0. The second kappa shape index (κ2) is 7.63. The number of hydrogen-bond donors (Lipinski definition) is 2. The van der Waals surface area contributed by atoms with Gasteiger partial charge in [0.1, 0.15) is 0 Å². The molecule has 0 saturated carbocycles. The van der Waals surface area contributed by atoms with E-state index in [2.05, 4.69) is 10.6 Å². The van der Waals surface area contributed by atoms with Crippen LogP contribution in [0.1, 0.15) is 32.6 Å². The molecule has 1 aliphatic heterocycles. The zero-order chi connectivity index (χ0) is 11.8. The second-order valence-corrected chi connectivity index (χ2v) is 4.58. The molecule has 1 aliphatic rings. The van der Waals surface area contributed by atoms with E-state index in [1.165, 1.54) is 12.8 Å². The van der Waals surface area contributed by atoms with E-state index < -0.39 is 0 Å². The summed E-state index contributed by atoms with van der Waals surface area (Å²) in [6.07, 6.45) is 4.20. The number of carbonyl (C=O) groups is 1. The van der Waals surface area contributed by atoms with E-state index in [9.17, 15) is 4.79 Å². The molecule has 1 heterocycles. The number of rotatable bonds is 6. The molecule has 16 heavy (non-hydrogen) atoms. The molecule has 1 amide bonds. The molecular formula is C12H24N2O2. The maximum atomic E-state index is 11.5. The first-order valence-electron chi connectivity index (χ1n) is 6.22. The van der Waals surface area contributed by atoms with Crippen LogP contribution >= 0.6 is 0 Å². The molecule has 4 heteroatoms. The molecule has 94 valence electrons. The van der Waals surface area contributed by atoms with Gasteiger partial charge in [-0.3, -0.25) is 4.79 Å². The van der Waals surface area contributed by atoms with Gasteiger partial charge in [0, 0.05) is 20.1 Å². The van der Waals surface area contributed by atoms with Gasteiger partial charge in [-0.05, 0) is 45.2 Å². The molecule has 0 radical (unpaired) electrons. The maximum absolute atomic E-state index is 11.5. The lowest BCUT2D eigenvalue weighted by atomic mass is 9.93. The Morgan fingerprint density at radius 3 is 2.81 bits per heavy atom. The predicted octanol–water partition coefficient (Wildman–Crippen LogP) is 0.917. The van der Waals surface area contributed by atoms with E-state index in [0.29, 0.717) is 13.0 Å². The molecule has 1 rings (SSSR count). The summed E-state index contributed by atoms with van der Waals surface area (Å²) >= 11 is 0. The Hall–Kier alpha value is -0.610. The third-order valence-corrected chi connectivity index (χ3v) is 3.23. The Morgan fingerprint density at radius 1 is 1.50 bits per heavy atom. The second-order valence-electron chi connectivity index (χ2n) is 4.58. The number of methoxy groups -OCH3 is 1. The summed E-state index contributed by atoms with van der Waals surface area (Å²) in [5.41, 5.74) is 0. The number of piperidine rings is 1. The van der Waals surface area contributed by atoms with Crippen LogP contribution in [0.25, 0.3) is 0 Å². The molecule has 0 aliphatic carbocycles. The SMILES string of the molecule is COC(C)CNC(=O)CCC1CCNCC1. The molecule has 1 saturated heterocycles. The highest BCUT2D eigenvalue weighted by atomic mass is 16.5. The van der Waals surface area contributed by atoms with Crippen LogP contribution in [0.15, 0.2) is 0 Å². The Morgan fingerprint density at radius 2 is 2.19 bits per heavy atom. The van der Waals surface area contributed by atoms with Crippen LogP contribution < -0.4 is 10.6 Å². The van der Waals surface area contributed by atoms with Gasteiger partial charge in [-0.1, -0.05) is 0 Å². The van der Waals surface area contributed by atoms with Crippen molar-refractivity contribution in [2.24, 2.45) is 5.92 Å². The van der Waals surface area contributed by atoms with Crippen LogP contribution in [0.4, 0.5) is 0 Å². The summed E-state index contributed by atoms with van der Waals surface area (Å²) in [7, 11) is 1.66. The zero-order valence-electron chi connectivity index (χ0n) is 10.4. The lowest BCUT2D eigenvalue weighted by Gasteiger charge is -2.22. The summed E-state index contributed by atoms with van der Waals surface area (Å²) in [5.74, 6) is 0.884. The van der Waals surface area contributed by atoms with Crippen LogP contribution in [0.2, 0.25) is 0 Å². The van der Waals surface area contributed by atoms with Gasteiger partial charge in [0.15, 0.2) is 0 Å². The Bertz CT molecular complexity index is 203.